The highest BCUT2D eigenvalue weighted by molar-refractivity contribution is 8.14. The molecule has 0 radical (unpaired) electrons. The van der Waals surface area contributed by atoms with E-state index in [0.29, 0.717) is 18.4 Å². The van der Waals surface area contributed by atoms with Gasteiger partial charge in [-0.25, -0.2) is 0 Å². The van der Waals surface area contributed by atoms with Crippen LogP contribution < -0.4 is 5.32 Å². The average molecular weight is 282 g/mol. The molecular weight excluding hydrogens is 265 g/mol. The van der Waals surface area contributed by atoms with Crippen LogP contribution >= 0.6 is 11.8 Å². The van der Waals surface area contributed by atoms with Crippen molar-refractivity contribution >= 4 is 16.9 Å². The maximum atomic E-state index is 12.2. The maximum absolute atomic E-state index is 12.2. The van der Waals surface area contributed by atoms with Crippen molar-refractivity contribution in [1.29, 1.82) is 0 Å². The van der Waals surface area contributed by atoms with Crippen LogP contribution in [0.2, 0.25) is 0 Å². The molecular formula is C11H17F3N2OS. The molecule has 0 saturated carbocycles. The number of hydrogen-bond acceptors (Lipinski definition) is 3. The summed E-state index contributed by atoms with van der Waals surface area (Å²) in [6, 6.07) is -0.727. The van der Waals surface area contributed by atoms with E-state index in [1.165, 1.54) is 18.7 Å². The highest BCUT2D eigenvalue weighted by Crippen LogP contribution is 2.32. The van der Waals surface area contributed by atoms with E-state index in [1.807, 2.05) is 0 Å². The topological polar surface area (TPSA) is 33.6 Å². The molecule has 2 saturated heterocycles. The number of amidine groups is 1. The first kappa shape index (κ1) is 14.0. The SMILES string of the molecule is CC(CC(F)(F)F)N=C1NC2(CCOCC2)CS1. The number of rotatable bonds is 2. The second-order valence-corrected chi connectivity index (χ2v) is 5.87. The zero-order valence-corrected chi connectivity index (χ0v) is 11.0. The summed E-state index contributed by atoms with van der Waals surface area (Å²) in [6.07, 6.45) is -3.22. The van der Waals surface area contributed by atoms with Gasteiger partial charge in [0.05, 0.1) is 18.0 Å². The normalized spacial score (nSPS) is 27.4. The van der Waals surface area contributed by atoms with E-state index in [-0.39, 0.29) is 5.54 Å². The summed E-state index contributed by atoms with van der Waals surface area (Å²) in [7, 11) is 0. The number of nitrogens with one attached hydrogen (secondary N) is 1. The second kappa shape index (κ2) is 5.28. The molecule has 2 rings (SSSR count). The molecule has 1 N–H and O–H groups in total. The van der Waals surface area contributed by atoms with Gasteiger partial charge in [0.15, 0.2) is 5.17 Å². The largest absolute Gasteiger partial charge is 0.391 e. The zero-order chi connectivity index (χ0) is 13.2. The molecule has 2 heterocycles. The van der Waals surface area contributed by atoms with Crippen LogP contribution in [0.15, 0.2) is 4.99 Å². The first-order chi connectivity index (χ1) is 8.39. The zero-order valence-electron chi connectivity index (χ0n) is 10.2. The Balaban J connectivity index is 1.91. The van der Waals surface area contributed by atoms with Gasteiger partial charge in [0.2, 0.25) is 0 Å². The Bertz CT molecular complexity index is 327. The van der Waals surface area contributed by atoms with Gasteiger partial charge in [0, 0.05) is 19.0 Å². The highest BCUT2D eigenvalue weighted by atomic mass is 32.2. The lowest BCUT2D eigenvalue weighted by atomic mass is 9.93. The van der Waals surface area contributed by atoms with Gasteiger partial charge in [-0.05, 0) is 19.8 Å². The van der Waals surface area contributed by atoms with E-state index >= 15 is 0 Å². The van der Waals surface area contributed by atoms with E-state index in [9.17, 15) is 13.2 Å². The molecule has 3 nitrogen and oxygen atoms in total. The summed E-state index contributed by atoms with van der Waals surface area (Å²) in [5.74, 6) is 0.869. The number of alkyl halides is 3. The molecule has 2 aliphatic rings. The number of ether oxygens (including phenoxy) is 1. The molecule has 1 spiro atoms. The second-order valence-electron chi connectivity index (χ2n) is 4.91. The molecule has 2 fully saturated rings. The third kappa shape index (κ3) is 3.78. The van der Waals surface area contributed by atoms with Crippen molar-refractivity contribution in [3.05, 3.63) is 0 Å². The first-order valence-electron chi connectivity index (χ1n) is 6.02. The minimum Gasteiger partial charge on any atom is -0.381 e. The monoisotopic (exact) mass is 282 g/mol. The maximum Gasteiger partial charge on any atom is 0.391 e. The minimum atomic E-state index is -4.15. The molecule has 1 atom stereocenters. The molecule has 0 aliphatic carbocycles. The lowest BCUT2D eigenvalue weighted by molar-refractivity contribution is -0.137. The van der Waals surface area contributed by atoms with Crippen LogP contribution in [0.1, 0.15) is 26.2 Å². The molecule has 0 aromatic carbocycles. The highest BCUT2D eigenvalue weighted by Gasteiger charge is 2.39. The summed E-state index contributed by atoms with van der Waals surface area (Å²) in [5, 5.41) is 3.94. The van der Waals surface area contributed by atoms with Crippen molar-refractivity contribution in [2.24, 2.45) is 4.99 Å². The third-order valence-electron chi connectivity index (χ3n) is 3.17. The van der Waals surface area contributed by atoms with Crippen LogP contribution in [0.5, 0.6) is 0 Å². The Kier molecular flexibility index (Phi) is 4.11. The molecule has 1 unspecified atom stereocenters. The fourth-order valence-electron chi connectivity index (χ4n) is 2.19. The number of thioether (sulfide) groups is 1. The summed E-state index contributed by atoms with van der Waals surface area (Å²) < 4.78 is 41.9. The Hall–Kier alpha value is -0.430. The number of hydrogen-bond donors (Lipinski definition) is 1. The summed E-state index contributed by atoms with van der Waals surface area (Å²) in [6.45, 7) is 2.91. The van der Waals surface area contributed by atoms with Gasteiger partial charge < -0.3 is 10.1 Å². The van der Waals surface area contributed by atoms with E-state index in [1.54, 1.807) is 0 Å². The molecule has 0 aromatic heterocycles. The van der Waals surface area contributed by atoms with E-state index < -0.39 is 18.6 Å². The quantitative estimate of drug-likeness (QED) is 0.845. The minimum absolute atomic E-state index is 0.0142. The van der Waals surface area contributed by atoms with Gasteiger partial charge in [-0.15, -0.1) is 0 Å². The Morgan fingerprint density at radius 1 is 1.44 bits per heavy atom. The molecule has 7 heteroatoms. The molecule has 0 aromatic rings. The van der Waals surface area contributed by atoms with Gasteiger partial charge in [-0.2, -0.15) is 13.2 Å². The standard InChI is InChI=1S/C11H17F3N2OS/c1-8(6-11(12,13)14)15-9-16-10(7-18-9)2-4-17-5-3-10/h8H,2-7H2,1H3,(H,15,16). The van der Waals surface area contributed by atoms with Gasteiger partial charge in [-0.3, -0.25) is 4.99 Å². The summed E-state index contributed by atoms with van der Waals surface area (Å²) in [5.41, 5.74) is -0.0142. The lowest BCUT2D eigenvalue weighted by Crippen LogP contribution is -2.48. The summed E-state index contributed by atoms with van der Waals surface area (Å²) in [4.78, 5) is 4.12. The lowest BCUT2D eigenvalue weighted by Gasteiger charge is -2.32. The fourth-order valence-corrected chi connectivity index (χ4v) is 3.50. The molecule has 0 bridgehead atoms. The molecule has 104 valence electrons. The van der Waals surface area contributed by atoms with Gasteiger partial charge in [0.25, 0.3) is 0 Å². The van der Waals surface area contributed by atoms with Crippen molar-refractivity contribution in [3.8, 4) is 0 Å². The van der Waals surface area contributed by atoms with E-state index in [0.717, 1.165) is 18.6 Å². The predicted octanol–water partition coefficient (Wildman–Crippen LogP) is 2.57. The van der Waals surface area contributed by atoms with Crippen molar-refractivity contribution in [2.75, 3.05) is 19.0 Å². The molecule has 0 amide bonds. The van der Waals surface area contributed by atoms with Crippen molar-refractivity contribution < 1.29 is 17.9 Å². The smallest absolute Gasteiger partial charge is 0.381 e. The van der Waals surface area contributed by atoms with Gasteiger partial charge >= 0.3 is 6.18 Å². The van der Waals surface area contributed by atoms with Crippen molar-refractivity contribution in [3.63, 3.8) is 0 Å². The van der Waals surface area contributed by atoms with Crippen molar-refractivity contribution in [1.82, 2.24) is 5.32 Å². The van der Waals surface area contributed by atoms with Gasteiger partial charge in [-0.1, -0.05) is 11.8 Å². The van der Waals surface area contributed by atoms with Crippen LogP contribution in [0.25, 0.3) is 0 Å². The molecule has 18 heavy (non-hydrogen) atoms. The number of aliphatic imine (C=N–C) groups is 1. The fraction of sp³-hybridized carbons (Fsp3) is 0.909. The third-order valence-corrected chi connectivity index (χ3v) is 4.35. The number of halogens is 3. The number of nitrogens with zero attached hydrogens (tertiary/aromatic N) is 1. The predicted molar refractivity (Wildman–Crippen MR) is 65.9 cm³/mol. The molecule has 2 aliphatic heterocycles. The van der Waals surface area contributed by atoms with E-state index in [4.69, 9.17) is 4.74 Å². The van der Waals surface area contributed by atoms with Crippen LogP contribution in [-0.2, 0) is 4.74 Å². The van der Waals surface area contributed by atoms with Crippen LogP contribution in [0.3, 0.4) is 0 Å². The first-order valence-corrected chi connectivity index (χ1v) is 7.00. The summed E-state index contributed by atoms with van der Waals surface area (Å²) >= 11 is 1.52. The van der Waals surface area contributed by atoms with Crippen LogP contribution in [-0.4, -0.2) is 41.9 Å². The Morgan fingerprint density at radius 2 is 2.11 bits per heavy atom. The van der Waals surface area contributed by atoms with E-state index in [2.05, 4.69) is 10.3 Å². The Morgan fingerprint density at radius 3 is 2.72 bits per heavy atom. The van der Waals surface area contributed by atoms with Crippen LogP contribution in [0.4, 0.5) is 13.2 Å². The Labute approximate surface area is 109 Å². The average Bonchev–Trinajstić information content (AvgIpc) is 2.59. The van der Waals surface area contributed by atoms with Gasteiger partial charge in [0.1, 0.15) is 0 Å². The van der Waals surface area contributed by atoms with Crippen LogP contribution in [0, 0.1) is 0 Å². The van der Waals surface area contributed by atoms with Crippen molar-refractivity contribution in [2.45, 2.75) is 43.9 Å².